The SMILES string of the molecule is CC(=O)c1ccc2ccoc2c1.O=C(O)c1ccc2ccoc2c1. The van der Waals surface area contributed by atoms with Gasteiger partial charge in [-0.2, -0.15) is 0 Å². The van der Waals surface area contributed by atoms with Crippen molar-refractivity contribution in [2.45, 2.75) is 6.92 Å². The van der Waals surface area contributed by atoms with Crippen molar-refractivity contribution in [1.82, 2.24) is 0 Å². The first-order valence-corrected chi connectivity index (χ1v) is 7.23. The number of Topliss-reactive ketones (excluding diaryl/α,β-unsaturated/α-hetero) is 1. The third-order valence-corrected chi connectivity index (χ3v) is 3.57. The number of rotatable bonds is 2. The first kappa shape index (κ1) is 15.6. The van der Waals surface area contributed by atoms with E-state index in [1.165, 1.54) is 12.3 Å². The Labute approximate surface area is 137 Å². The van der Waals surface area contributed by atoms with E-state index < -0.39 is 5.97 Å². The standard InChI is InChI=1S/C10H8O2.C9H6O3/c1-7(11)9-3-2-8-4-5-12-10(8)6-9;10-9(11)7-2-1-6-3-4-12-8(6)5-7/h2-6H,1H3;1-5H,(H,10,11). The number of hydrogen-bond donors (Lipinski definition) is 1. The van der Waals surface area contributed by atoms with Gasteiger partial charge in [-0.15, -0.1) is 0 Å². The van der Waals surface area contributed by atoms with Gasteiger partial charge in [-0.05, 0) is 37.3 Å². The van der Waals surface area contributed by atoms with E-state index in [1.807, 2.05) is 12.1 Å². The van der Waals surface area contributed by atoms with Crippen molar-refractivity contribution in [3.63, 3.8) is 0 Å². The normalized spacial score (nSPS) is 10.4. The largest absolute Gasteiger partial charge is 0.478 e. The van der Waals surface area contributed by atoms with E-state index in [1.54, 1.807) is 43.5 Å². The number of carboxylic acid groups (broad SMARTS) is 1. The predicted molar refractivity (Wildman–Crippen MR) is 89.4 cm³/mol. The number of carbonyl (C=O) groups excluding carboxylic acids is 1. The number of benzene rings is 2. The van der Waals surface area contributed by atoms with Crippen LogP contribution in [0.15, 0.2) is 69.9 Å². The van der Waals surface area contributed by atoms with E-state index in [4.69, 9.17) is 13.9 Å². The zero-order valence-corrected chi connectivity index (χ0v) is 12.9. The van der Waals surface area contributed by atoms with Gasteiger partial charge in [0.05, 0.1) is 18.1 Å². The van der Waals surface area contributed by atoms with Crippen LogP contribution in [0.25, 0.3) is 21.9 Å². The van der Waals surface area contributed by atoms with Gasteiger partial charge in [0.25, 0.3) is 0 Å². The molecule has 0 aliphatic heterocycles. The zero-order chi connectivity index (χ0) is 17.1. The lowest BCUT2D eigenvalue weighted by Gasteiger charge is -1.93. The highest BCUT2D eigenvalue weighted by atomic mass is 16.4. The van der Waals surface area contributed by atoms with Crippen LogP contribution in [0.5, 0.6) is 0 Å². The van der Waals surface area contributed by atoms with Crippen LogP contribution < -0.4 is 0 Å². The molecule has 5 nitrogen and oxygen atoms in total. The lowest BCUT2D eigenvalue weighted by atomic mass is 10.1. The van der Waals surface area contributed by atoms with Gasteiger partial charge in [0.15, 0.2) is 5.78 Å². The molecule has 2 aromatic heterocycles. The zero-order valence-electron chi connectivity index (χ0n) is 12.9. The number of ketones is 1. The van der Waals surface area contributed by atoms with Gasteiger partial charge in [0, 0.05) is 16.3 Å². The van der Waals surface area contributed by atoms with E-state index in [0.29, 0.717) is 11.1 Å². The highest BCUT2D eigenvalue weighted by Crippen LogP contribution is 2.17. The number of hydrogen-bond acceptors (Lipinski definition) is 4. The van der Waals surface area contributed by atoms with Crippen LogP contribution in [-0.2, 0) is 0 Å². The number of carboxylic acids is 1. The molecular weight excluding hydrogens is 308 g/mol. The van der Waals surface area contributed by atoms with Crippen LogP contribution in [0.2, 0.25) is 0 Å². The van der Waals surface area contributed by atoms with Gasteiger partial charge in [-0.1, -0.05) is 18.2 Å². The van der Waals surface area contributed by atoms with Gasteiger partial charge >= 0.3 is 5.97 Å². The average Bonchev–Trinajstić information content (AvgIpc) is 3.22. The molecule has 0 bridgehead atoms. The fourth-order valence-electron chi connectivity index (χ4n) is 2.26. The second-order valence-corrected chi connectivity index (χ2v) is 5.21. The van der Waals surface area contributed by atoms with Crippen molar-refractivity contribution in [3.8, 4) is 0 Å². The Kier molecular flexibility index (Phi) is 4.16. The molecule has 2 heterocycles. The Balaban J connectivity index is 0.000000141. The molecule has 1 N–H and O–H groups in total. The molecule has 0 aliphatic carbocycles. The minimum absolute atomic E-state index is 0.0632. The van der Waals surface area contributed by atoms with Crippen molar-refractivity contribution >= 4 is 33.7 Å². The number of aromatic carboxylic acids is 1. The Bertz CT molecular complexity index is 938. The van der Waals surface area contributed by atoms with E-state index in [0.717, 1.165) is 16.4 Å². The molecule has 0 saturated heterocycles. The minimum atomic E-state index is -0.937. The maximum Gasteiger partial charge on any atom is 0.335 e. The maximum absolute atomic E-state index is 11.0. The molecule has 0 saturated carbocycles. The Morgan fingerprint density at radius 2 is 1.29 bits per heavy atom. The lowest BCUT2D eigenvalue weighted by Crippen LogP contribution is -1.94. The minimum Gasteiger partial charge on any atom is -0.478 e. The van der Waals surface area contributed by atoms with Gasteiger partial charge < -0.3 is 13.9 Å². The van der Waals surface area contributed by atoms with Gasteiger partial charge in [0.2, 0.25) is 0 Å². The summed E-state index contributed by atoms with van der Waals surface area (Å²) in [4.78, 5) is 21.5. The molecule has 0 atom stereocenters. The van der Waals surface area contributed by atoms with Crippen molar-refractivity contribution < 1.29 is 23.5 Å². The smallest absolute Gasteiger partial charge is 0.335 e. The van der Waals surface area contributed by atoms with Crippen LogP contribution in [-0.4, -0.2) is 16.9 Å². The molecule has 0 amide bonds. The van der Waals surface area contributed by atoms with Crippen molar-refractivity contribution in [1.29, 1.82) is 0 Å². The summed E-state index contributed by atoms with van der Waals surface area (Å²) < 4.78 is 10.2. The molecule has 4 aromatic rings. The second kappa shape index (κ2) is 6.42. The van der Waals surface area contributed by atoms with Gasteiger partial charge in [-0.25, -0.2) is 4.79 Å². The molecule has 24 heavy (non-hydrogen) atoms. The first-order chi connectivity index (χ1) is 11.5. The Morgan fingerprint density at radius 1 is 0.792 bits per heavy atom. The maximum atomic E-state index is 11.0. The van der Waals surface area contributed by atoms with Crippen LogP contribution in [0.1, 0.15) is 27.6 Å². The van der Waals surface area contributed by atoms with Gasteiger partial charge in [0.1, 0.15) is 11.2 Å². The van der Waals surface area contributed by atoms with E-state index in [-0.39, 0.29) is 11.3 Å². The Hall–Kier alpha value is -3.34. The van der Waals surface area contributed by atoms with Crippen molar-refractivity contribution in [3.05, 3.63) is 72.2 Å². The number of furan rings is 2. The molecule has 0 aliphatic rings. The van der Waals surface area contributed by atoms with Crippen LogP contribution in [0.3, 0.4) is 0 Å². The summed E-state index contributed by atoms with van der Waals surface area (Å²) >= 11 is 0. The molecule has 0 spiro atoms. The highest BCUT2D eigenvalue weighted by molar-refractivity contribution is 5.97. The van der Waals surface area contributed by atoms with E-state index in [2.05, 4.69) is 0 Å². The fourth-order valence-corrected chi connectivity index (χ4v) is 2.26. The molecule has 0 fully saturated rings. The second-order valence-electron chi connectivity index (χ2n) is 5.21. The lowest BCUT2D eigenvalue weighted by molar-refractivity contribution is 0.0696. The molecular formula is C19H14O5. The summed E-state index contributed by atoms with van der Waals surface area (Å²) in [6.07, 6.45) is 3.16. The predicted octanol–water partition coefficient (Wildman–Crippen LogP) is 4.77. The van der Waals surface area contributed by atoms with Crippen LogP contribution in [0, 0.1) is 0 Å². The van der Waals surface area contributed by atoms with E-state index >= 15 is 0 Å². The molecule has 4 rings (SSSR count). The fraction of sp³-hybridized carbons (Fsp3) is 0.0526. The molecule has 0 radical (unpaired) electrons. The first-order valence-electron chi connectivity index (χ1n) is 7.23. The summed E-state index contributed by atoms with van der Waals surface area (Å²) in [6.45, 7) is 1.55. The Morgan fingerprint density at radius 3 is 1.79 bits per heavy atom. The third-order valence-electron chi connectivity index (χ3n) is 3.57. The number of fused-ring (bicyclic) bond motifs is 2. The monoisotopic (exact) mass is 322 g/mol. The van der Waals surface area contributed by atoms with Crippen molar-refractivity contribution in [2.75, 3.05) is 0 Å². The summed E-state index contributed by atoms with van der Waals surface area (Å²) in [5, 5.41) is 10.6. The van der Waals surface area contributed by atoms with E-state index in [9.17, 15) is 9.59 Å². The molecule has 2 aromatic carbocycles. The third kappa shape index (κ3) is 3.20. The summed E-state index contributed by atoms with van der Waals surface area (Å²) in [6, 6.07) is 13.9. The quantitative estimate of drug-likeness (QED) is 0.538. The highest BCUT2D eigenvalue weighted by Gasteiger charge is 2.04. The molecule has 5 heteroatoms. The summed E-state index contributed by atoms with van der Waals surface area (Å²) in [5.74, 6) is -0.874. The summed E-state index contributed by atoms with van der Waals surface area (Å²) in [5.41, 5.74) is 2.31. The van der Waals surface area contributed by atoms with Crippen LogP contribution >= 0.6 is 0 Å². The topological polar surface area (TPSA) is 80.7 Å². The molecule has 120 valence electrons. The van der Waals surface area contributed by atoms with Crippen molar-refractivity contribution in [2.24, 2.45) is 0 Å². The van der Waals surface area contributed by atoms with Crippen LogP contribution in [0.4, 0.5) is 0 Å². The summed E-state index contributed by atoms with van der Waals surface area (Å²) in [7, 11) is 0. The average molecular weight is 322 g/mol. The van der Waals surface area contributed by atoms with Gasteiger partial charge in [-0.3, -0.25) is 4.79 Å². The molecule has 0 unspecified atom stereocenters. The number of carbonyl (C=O) groups is 2.